The van der Waals surface area contributed by atoms with Crippen LogP contribution >= 0.6 is 0 Å². The summed E-state index contributed by atoms with van der Waals surface area (Å²) < 4.78 is 5.15. The summed E-state index contributed by atoms with van der Waals surface area (Å²) in [5.41, 5.74) is 0.0914. The van der Waals surface area contributed by atoms with Crippen LogP contribution in [0.2, 0.25) is 0 Å². The normalized spacial score (nSPS) is 17.7. The van der Waals surface area contributed by atoms with Gasteiger partial charge in [-0.3, -0.25) is 4.79 Å². The Kier molecular flexibility index (Phi) is 4.49. The highest BCUT2D eigenvalue weighted by Gasteiger charge is 2.46. The molecule has 1 heterocycles. The summed E-state index contributed by atoms with van der Waals surface area (Å²) >= 11 is 0. The van der Waals surface area contributed by atoms with E-state index in [9.17, 15) is 14.4 Å². The summed E-state index contributed by atoms with van der Waals surface area (Å²) in [5.74, 6) is -1.55. The lowest BCUT2D eigenvalue weighted by molar-refractivity contribution is -0.235. The first kappa shape index (κ1) is 16.0. The molecule has 0 bridgehead atoms. The molecule has 0 aliphatic carbocycles. The molecular weight excluding hydrogens is 286 g/mol. The summed E-state index contributed by atoms with van der Waals surface area (Å²) in [7, 11) is 0. The smallest absolute Gasteiger partial charge is 0.337 e. The minimum absolute atomic E-state index is 0.00888. The average Bonchev–Trinajstić information content (AvgIpc) is 2.47. The van der Waals surface area contributed by atoms with Gasteiger partial charge in [0, 0.05) is 0 Å². The molecule has 0 saturated carbocycles. The molecule has 1 aliphatic rings. The quantitative estimate of drug-likeness (QED) is 0.627. The van der Waals surface area contributed by atoms with E-state index >= 15 is 0 Å². The predicted molar refractivity (Wildman–Crippen MR) is 77.0 cm³/mol. The number of β-lactam (4-membered cyclic amide) rings is 1. The van der Waals surface area contributed by atoms with Crippen LogP contribution in [0.3, 0.4) is 0 Å². The van der Waals surface area contributed by atoms with Crippen molar-refractivity contribution in [3.8, 4) is 0 Å². The van der Waals surface area contributed by atoms with Crippen LogP contribution in [0, 0.1) is 5.41 Å². The molecule has 2 rings (SSSR count). The highest BCUT2D eigenvalue weighted by atomic mass is 16.7. The Hall–Kier alpha value is -2.37. The standard InChI is InChI=1S/C16H19NO5/c1-16(2,3)15(20)22-17-12(9-13(17)18)14(19)21-10-11-7-5-4-6-8-11/h4-8,12H,9-10H2,1-3H3. The molecule has 1 aromatic rings. The van der Waals surface area contributed by atoms with Crippen LogP contribution in [0.25, 0.3) is 0 Å². The summed E-state index contributed by atoms with van der Waals surface area (Å²) in [6.45, 7) is 5.12. The molecule has 1 amide bonds. The molecule has 6 nitrogen and oxygen atoms in total. The van der Waals surface area contributed by atoms with Gasteiger partial charge in [0.2, 0.25) is 0 Å². The summed E-state index contributed by atoms with van der Waals surface area (Å²) in [5, 5.41) is 0.806. The average molecular weight is 305 g/mol. The molecule has 0 radical (unpaired) electrons. The van der Waals surface area contributed by atoms with Crippen molar-refractivity contribution in [1.29, 1.82) is 0 Å². The SMILES string of the molecule is CC(C)(C)C(=O)ON1C(=O)CC1C(=O)OCc1ccccc1. The Balaban J connectivity index is 1.90. The number of carbonyl (C=O) groups excluding carboxylic acids is 3. The van der Waals surface area contributed by atoms with Gasteiger partial charge in [0.15, 0.2) is 6.04 Å². The molecule has 1 atom stereocenters. The lowest BCUT2D eigenvalue weighted by Gasteiger charge is -2.37. The third kappa shape index (κ3) is 3.63. The first-order valence-corrected chi connectivity index (χ1v) is 7.04. The van der Waals surface area contributed by atoms with Crippen LogP contribution in [0.1, 0.15) is 32.8 Å². The Bertz CT molecular complexity index is 576. The number of hydrogen-bond acceptors (Lipinski definition) is 5. The molecule has 1 aromatic carbocycles. The minimum atomic E-state index is -0.859. The van der Waals surface area contributed by atoms with Gasteiger partial charge in [-0.05, 0) is 26.3 Å². The number of benzene rings is 1. The van der Waals surface area contributed by atoms with Gasteiger partial charge in [-0.2, -0.15) is 5.06 Å². The number of ether oxygens (including phenoxy) is 1. The lowest BCUT2D eigenvalue weighted by atomic mass is 9.97. The van der Waals surface area contributed by atoms with Gasteiger partial charge < -0.3 is 9.57 Å². The van der Waals surface area contributed by atoms with E-state index in [-0.39, 0.29) is 13.0 Å². The fraction of sp³-hybridized carbons (Fsp3) is 0.438. The highest BCUT2D eigenvalue weighted by Crippen LogP contribution is 2.25. The summed E-state index contributed by atoms with van der Waals surface area (Å²) in [4.78, 5) is 40.3. The van der Waals surface area contributed by atoms with E-state index in [0.29, 0.717) is 0 Å². The van der Waals surface area contributed by atoms with Crippen molar-refractivity contribution >= 4 is 17.8 Å². The molecule has 1 saturated heterocycles. The van der Waals surface area contributed by atoms with Gasteiger partial charge in [-0.1, -0.05) is 30.3 Å². The molecule has 22 heavy (non-hydrogen) atoms. The Morgan fingerprint density at radius 2 is 1.86 bits per heavy atom. The maximum absolute atomic E-state index is 12.0. The van der Waals surface area contributed by atoms with Crippen molar-refractivity contribution < 1.29 is 24.0 Å². The number of rotatable bonds is 4. The van der Waals surface area contributed by atoms with E-state index in [2.05, 4.69) is 0 Å². The second-order valence-electron chi connectivity index (χ2n) is 6.16. The van der Waals surface area contributed by atoms with Crippen molar-refractivity contribution in [2.75, 3.05) is 0 Å². The molecule has 0 spiro atoms. The third-order valence-electron chi connectivity index (χ3n) is 3.19. The maximum atomic E-state index is 12.0. The topological polar surface area (TPSA) is 72.9 Å². The maximum Gasteiger partial charge on any atom is 0.337 e. The number of hydroxylamine groups is 2. The van der Waals surface area contributed by atoms with Crippen LogP contribution < -0.4 is 0 Å². The van der Waals surface area contributed by atoms with E-state index in [1.807, 2.05) is 30.3 Å². The molecule has 0 aromatic heterocycles. The zero-order chi connectivity index (χ0) is 16.3. The first-order chi connectivity index (χ1) is 10.3. The minimum Gasteiger partial charge on any atom is -0.459 e. The number of carbonyl (C=O) groups is 3. The number of nitrogens with zero attached hydrogens (tertiary/aromatic N) is 1. The number of esters is 1. The zero-order valence-electron chi connectivity index (χ0n) is 12.9. The van der Waals surface area contributed by atoms with Crippen molar-refractivity contribution in [2.45, 2.75) is 39.8 Å². The third-order valence-corrected chi connectivity index (χ3v) is 3.19. The van der Waals surface area contributed by atoms with Crippen LogP contribution in [0.15, 0.2) is 30.3 Å². The van der Waals surface area contributed by atoms with Crippen molar-refractivity contribution in [3.05, 3.63) is 35.9 Å². The molecule has 118 valence electrons. The van der Waals surface area contributed by atoms with E-state index in [1.165, 1.54) is 0 Å². The van der Waals surface area contributed by atoms with Gasteiger partial charge >= 0.3 is 11.9 Å². The predicted octanol–water partition coefficient (Wildman–Crippen LogP) is 1.83. The van der Waals surface area contributed by atoms with E-state index in [1.54, 1.807) is 20.8 Å². The van der Waals surface area contributed by atoms with Crippen LogP contribution in [0.5, 0.6) is 0 Å². The number of amides is 1. The van der Waals surface area contributed by atoms with Crippen molar-refractivity contribution in [3.63, 3.8) is 0 Å². The van der Waals surface area contributed by atoms with Crippen LogP contribution in [-0.2, 0) is 30.6 Å². The zero-order valence-corrected chi connectivity index (χ0v) is 12.9. The van der Waals surface area contributed by atoms with Gasteiger partial charge in [-0.15, -0.1) is 0 Å². The van der Waals surface area contributed by atoms with Gasteiger partial charge in [0.1, 0.15) is 6.61 Å². The molecule has 0 N–H and O–H groups in total. The van der Waals surface area contributed by atoms with Crippen molar-refractivity contribution in [2.24, 2.45) is 5.41 Å². The fourth-order valence-electron chi connectivity index (χ4n) is 1.74. The van der Waals surface area contributed by atoms with Crippen LogP contribution in [-0.4, -0.2) is 29.0 Å². The molecule has 1 unspecified atom stereocenters. The van der Waals surface area contributed by atoms with Crippen molar-refractivity contribution in [1.82, 2.24) is 5.06 Å². The Morgan fingerprint density at radius 1 is 1.23 bits per heavy atom. The van der Waals surface area contributed by atoms with Crippen LogP contribution in [0.4, 0.5) is 0 Å². The summed E-state index contributed by atoms with van der Waals surface area (Å²) in [6.07, 6.45) is -0.00888. The molecular formula is C16H19NO5. The summed E-state index contributed by atoms with van der Waals surface area (Å²) in [6, 6.07) is 8.35. The largest absolute Gasteiger partial charge is 0.459 e. The Morgan fingerprint density at radius 3 is 2.41 bits per heavy atom. The Labute approximate surface area is 129 Å². The van der Waals surface area contributed by atoms with Gasteiger partial charge in [-0.25, -0.2) is 9.59 Å². The molecule has 1 aliphatic heterocycles. The second kappa shape index (κ2) is 6.17. The molecule has 1 fully saturated rings. The van der Waals surface area contributed by atoms with E-state index in [0.717, 1.165) is 10.6 Å². The monoisotopic (exact) mass is 305 g/mol. The van der Waals surface area contributed by atoms with Gasteiger partial charge in [0.25, 0.3) is 5.91 Å². The molecule has 6 heteroatoms. The second-order valence-corrected chi connectivity index (χ2v) is 6.16. The highest BCUT2D eigenvalue weighted by molar-refractivity contribution is 5.95. The van der Waals surface area contributed by atoms with E-state index < -0.39 is 29.3 Å². The lowest BCUT2D eigenvalue weighted by Crippen LogP contribution is -2.58. The van der Waals surface area contributed by atoms with E-state index in [4.69, 9.17) is 9.57 Å². The van der Waals surface area contributed by atoms with Gasteiger partial charge in [0.05, 0.1) is 11.8 Å². The first-order valence-electron chi connectivity index (χ1n) is 7.04. The number of hydrogen-bond donors (Lipinski definition) is 0. The fourth-order valence-corrected chi connectivity index (χ4v) is 1.74.